The van der Waals surface area contributed by atoms with E-state index in [0.29, 0.717) is 0 Å². The van der Waals surface area contributed by atoms with Gasteiger partial charge in [0, 0.05) is 6.17 Å². The number of hydrogen-bond acceptors (Lipinski definition) is 1. The van der Waals surface area contributed by atoms with Gasteiger partial charge in [-0.3, -0.25) is 0 Å². The fraction of sp³-hybridized carbons (Fsp3) is 0.143. The Morgan fingerprint density at radius 3 is 2.40 bits per heavy atom. The average Bonchev–Trinajstić information content (AvgIpc) is 2.05. The zero-order valence-electron chi connectivity index (χ0n) is 5.63. The number of rotatable bonds is 2. The number of nitrogens with two attached hydrogens (primary N) is 1. The Labute approximate surface area is 61.5 Å². The molecule has 0 aliphatic carbocycles. The van der Waals surface area contributed by atoms with Gasteiger partial charge in [-0.15, -0.1) is 0 Å². The van der Waals surface area contributed by atoms with Crippen LogP contribution in [0.1, 0.15) is 0 Å². The molecule has 0 saturated heterocycles. The van der Waals surface area contributed by atoms with Crippen molar-refractivity contribution in [2.45, 2.75) is 0 Å². The minimum absolute atomic E-state index is 0.198. The fourth-order valence-electron chi connectivity index (χ4n) is 0.798. The summed E-state index contributed by atoms with van der Waals surface area (Å²) in [7, 11) is -2.26. The number of hydrogen-bond donors (Lipinski definition) is 1. The lowest BCUT2D eigenvalue weighted by molar-refractivity contribution is 0.838. The van der Waals surface area contributed by atoms with Crippen molar-refractivity contribution >= 4 is 14.3 Å². The van der Waals surface area contributed by atoms with Gasteiger partial charge in [-0.1, -0.05) is 30.3 Å². The molecular formula is C7H10FNSi. The fourth-order valence-corrected chi connectivity index (χ4v) is 1.71. The molecule has 1 aromatic rings. The van der Waals surface area contributed by atoms with E-state index in [4.69, 9.17) is 5.73 Å². The molecule has 54 valence electrons. The van der Waals surface area contributed by atoms with Gasteiger partial charge in [0.05, 0.1) is 0 Å². The van der Waals surface area contributed by atoms with Crippen molar-refractivity contribution < 1.29 is 4.11 Å². The average molecular weight is 155 g/mol. The molecule has 0 amide bonds. The maximum atomic E-state index is 12.9. The zero-order chi connectivity index (χ0) is 7.40. The maximum absolute atomic E-state index is 12.9. The first-order valence-electron chi connectivity index (χ1n) is 3.23. The second-order valence-corrected chi connectivity index (χ2v) is 4.19. The minimum atomic E-state index is -2.26. The smallest absolute Gasteiger partial charge is 0.275 e. The van der Waals surface area contributed by atoms with Crippen LogP contribution >= 0.6 is 0 Å². The van der Waals surface area contributed by atoms with Crippen LogP contribution in [0.4, 0.5) is 4.11 Å². The van der Waals surface area contributed by atoms with E-state index in [1.54, 1.807) is 12.1 Å². The summed E-state index contributed by atoms with van der Waals surface area (Å²) in [6.07, 6.45) is 0.198. The summed E-state index contributed by atoms with van der Waals surface area (Å²) >= 11 is 0. The molecule has 1 nitrogen and oxygen atoms in total. The van der Waals surface area contributed by atoms with Crippen molar-refractivity contribution in [3.63, 3.8) is 0 Å². The zero-order valence-corrected chi connectivity index (χ0v) is 6.78. The highest BCUT2D eigenvalue weighted by molar-refractivity contribution is 6.66. The van der Waals surface area contributed by atoms with Crippen LogP contribution in [0.2, 0.25) is 0 Å². The molecule has 10 heavy (non-hydrogen) atoms. The van der Waals surface area contributed by atoms with Crippen LogP contribution in [-0.2, 0) is 0 Å². The molecule has 1 aromatic carbocycles. The summed E-state index contributed by atoms with van der Waals surface area (Å²) in [5, 5.41) is 0.796. The molecule has 0 aliphatic rings. The summed E-state index contributed by atoms with van der Waals surface area (Å²) in [4.78, 5) is 0. The van der Waals surface area contributed by atoms with Crippen molar-refractivity contribution in [3.05, 3.63) is 30.3 Å². The molecule has 0 spiro atoms. The first-order chi connectivity index (χ1) is 4.84. The van der Waals surface area contributed by atoms with Crippen LogP contribution in [0.3, 0.4) is 0 Å². The van der Waals surface area contributed by atoms with Gasteiger partial charge in [-0.25, -0.2) is 0 Å². The van der Waals surface area contributed by atoms with E-state index in [2.05, 4.69) is 0 Å². The van der Waals surface area contributed by atoms with Crippen LogP contribution in [0.15, 0.2) is 30.3 Å². The highest BCUT2D eigenvalue weighted by Crippen LogP contribution is 1.87. The van der Waals surface area contributed by atoms with Crippen LogP contribution in [0.5, 0.6) is 0 Å². The molecule has 0 heterocycles. The van der Waals surface area contributed by atoms with Gasteiger partial charge in [-0.05, 0) is 5.19 Å². The third kappa shape index (κ3) is 1.65. The number of halogens is 1. The molecule has 2 N–H and O–H groups in total. The van der Waals surface area contributed by atoms with Gasteiger partial charge < -0.3 is 9.84 Å². The van der Waals surface area contributed by atoms with E-state index < -0.39 is 9.13 Å². The Morgan fingerprint density at radius 1 is 1.30 bits per heavy atom. The molecule has 0 radical (unpaired) electrons. The third-order valence-electron chi connectivity index (χ3n) is 1.37. The summed E-state index contributed by atoms with van der Waals surface area (Å²) in [5.41, 5.74) is 5.19. The van der Waals surface area contributed by atoms with E-state index in [1.165, 1.54) is 0 Å². The van der Waals surface area contributed by atoms with Crippen molar-refractivity contribution in [2.24, 2.45) is 5.73 Å². The predicted octanol–water partition coefficient (Wildman–Crippen LogP) is 0.0848. The molecule has 1 rings (SSSR count). The lowest BCUT2D eigenvalue weighted by Gasteiger charge is -2.00. The van der Waals surface area contributed by atoms with Gasteiger partial charge in [0.1, 0.15) is 0 Å². The van der Waals surface area contributed by atoms with Gasteiger partial charge in [0.2, 0.25) is 0 Å². The summed E-state index contributed by atoms with van der Waals surface area (Å²) < 4.78 is 12.9. The van der Waals surface area contributed by atoms with Crippen molar-refractivity contribution in [1.82, 2.24) is 0 Å². The summed E-state index contributed by atoms with van der Waals surface area (Å²) in [6, 6.07) is 9.14. The van der Waals surface area contributed by atoms with Gasteiger partial charge in [0.25, 0.3) is 9.13 Å². The molecule has 0 saturated carbocycles. The Kier molecular flexibility index (Phi) is 2.59. The first kappa shape index (κ1) is 7.43. The molecular weight excluding hydrogens is 145 g/mol. The summed E-state index contributed by atoms with van der Waals surface area (Å²) in [6.45, 7) is 0. The van der Waals surface area contributed by atoms with Gasteiger partial charge in [0.15, 0.2) is 0 Å². The molecule has 0 bridgehead atoms. The van der Waals surface area contributed by atoms with Crippen molar-refractivity contribution in [2.75, 3.05) is 6.17 Å². The Balaban J connectivity index is 2.75. The van der Waals surface area contributed by atoms with Gasteiger partial charge in [-0.2, -0.15) is 0 Å². The standard InChI is InChI=1S/C7H10FNSi/c8-10(6-9)7-4-2-1-3-5-7/h1-5,10H,6,9H2. The Hall–Kier alpha value is -0.673. The molecule has 3 heteroatoms. The second kappa shape index (κ2) is 3.48. The lowest BCUT2D eigenvalue weighted by atomic mass is 10.4. The minimum Gasteiger partial charge on any atom is -0.330 e. The third-order valence-corrected chi connectivity index (χ3v) is 2.89. The van der Waals surface area contributed by atoms with Crippen LogP contribution in [0.25, 0.3) is 0 Å². The lowest BCUT2D eigenvalue weighted by Crippen LogP contribution is -2.33. The molecule has 0 aliphatic heterocycles. The first-order valence-corrected chi connectivity index (χ1v) is 5.06. The van der Waals surface area contributed by atoms with Gasteiger partial charge >= 0.3 is 0 Å². The van der Waals surface area contributed by atoms with Crippen molar-refractivity contribution in [3.8, 4) is 0 Å². The summed E-state index contributed by atoms with van der Waals surface area (Å²) in [5.74, 6) is 0. The number of benzene rings is 1. The van der Waals surface area contributed by atoms with Crippen LogP contribution in [-0.4, -0.2) is 15.3 Å². The SMILES string of the molecule is NC[SiH](F)c1ccccc1. The van der Waals surface area contributed by atoms with E-state index in [9.17, 15) is 4.11 Å². The van der Waals surface area contributed by atoms with E-state index >= 15 is 0 Å². The highest BCUT2D eigenvalue weighted by atomic mass is 28.3. The second-order valence-electron chi connectivity index (χ2n) is 2.11. The van der Waals surface area contributed by atoms with Crippen molar-refractivity contribution in [1.29, 1.82) is 0 Å². The van der Waals surface area contributed by atoms with Crippen LogP contribution < -0.4 is 10.9 Å². The highest BCUT2D eigenvalue weighted by Gasteiger charge is 2.07. The quantitative estimate of drug-likeness (QED) is 0.475. The van der Waals surface area contributed by atoms with E-state index in [1.807, 2.05) is 18.2 Å². The monoisotopic (exact) mass is 155 g/mol. The largest absolute Gasteiger partial charge is 0.330 e. The Morgan fingerprint density at radius 2 is 1.90 bits per heavy atom. The normalized spacial score (nSPS) is 13.0. The van der Waals surface area contributed by atoms with E-state index in [-0.39, 0.29) is 6.17 Å². The van der Waals surface area contributed by atoms with E-state index in [0.717, 1.165) is 5.19 Å². The maximum Gasteiger partial charge on any atom is 0.275 e. The molecule has 1 unspecified atom stereocenters. The predicted molar refractivity (Wildman–Crippen MR) is 43.4 cm³/mol. The molecule has 0 aromatic heterocycles. The van der Waals surface area contributed by atoms with Crippen LogP contribution in [0, 0.1) is 0 Å². The molecule has 1 atom stereocenters. The molecule has 0 fully saturated rings. The topological polar surface area (TPSA) is 26.0 Å². The Bertz CT molecular complexity index is 190.